The number of hydrogen-bond acceptors (Lipinski definition) is 12. The number of aromatic hydroxyl groups is 1. The van der Waals surface area contributed by atoms with Crippen LogP contribution in [0.2, 0.25) is 0 Å². The van der Waals surface area contributed by atoms with Crippen LogP contribution in [0.1, 0.15) is 112 Å². The summed E-state index contributed by atoms with van der Waals surface area (Å²) in [7, 11) is -4.27. The zero-order valence-electron chi connectivity index (χ0n) is 41.1. The normalized spacial score (nSPS) is 12.2. The predicted octanol–water partition coefficient (Wildman–Crippen LogP) is 8.37. The number of phenols is 1. The molecule has 6 rings (SSSR count). The van der Waals surface area contributed by atoms with E-state index < -0.39 is 10.1 Å². The van der Waals surface area contributed by atoms with Gasteiger partial charge in [-0.25, -0.2) is 8.42 Å². The second-order valence-electron chi connectivity index (χ2n) is 17.5. The molecule has 0 aliphatic heterocycles. The van der Waals surface area contributed by atoms with Crippen LogP contribution in [0.4, 0.5) is 0 Å². The average molecular weight is 1010 g/mol. The van der Waals surface area contributed by atoms with Crippen molar-refractivity contribution in [2.75, 3.05) is 26.3 Å². The summed E-state index contributed by atoms with van der Waals surface area (Å²) in [6.45, 7) is 18.8. The van der Waals surface area contributed by atoms with Crippen molar-refractivity contribution in [2.24, 2.45) is 21.5 Å². The number of nitrogens with zero attached hydrogens (tertiary/aromatic N) is 2. The molecule has 12 nitrogen and oxygen atoms in total. The smallest absolute Gasteiger partial charge is 0.872 e. The minimum Gasteiger partial charge on any atom is -0.872 e. The molecule has 0 fully saturated rings. The Bertz CT molecular complexity index is 2490. The first kappa shape index (κ1) is 61.3. The molecule has 0 aromatic heterocycles. The van der Waals surface area contributed by atoms with Gasteiger partial charge in [0, 0.05) is 37.1 Å². The van der Waals surface area contributed by atoms with Gasteiger partial charge < -0.3 is 41.6 Å². The maximum atomic E-state index is 13.1. The van der Waals surface area contributed by atoms with E-state index in [1.165, 1.54) is 18.2 Å². The van der Waals surface area contributed by atoms with Crippen LogP contribution < -0.4 is 21.7 Å². The van der Waals surface area contributed by atoms with Gasteiger partial charge in [-0.2, -0.15) is 0 Å². The van der Waals surface area contributed by atoms with Gasteiger partial charge in [-0.3, -0.25) is 9.98 Å². The molecule has 0 saturated heterocycles. The van der Waals surface area contributed by atoms with Crippen LogP contribution in [0.3, 0.4) is 0 Å². The molecule has 14 heteroatoms. The molecule has 0 bridgehead atoms. The van der Waals surface area contributed by atoms with Crippen LogP contribution in [0.25, 0.3) is 0 Å². The molecule has 0 radical (unpaired) electrons. The van der Waals surface area contributed by atoms with Crippen LogP contribution in [-0.4, -0.2) is 66.5 Å². The Labute approximate surface area is 420 Å². The summed E-state index contributed by atoms with van der Waals surface area (Å²) in [5.74, 6) is -0.113. The summed E-state index contributed by atoms with van der Waals surface area (Å²) in [5.41, 5.74) is 18.8. The van der Waals surface area contributed by atoms with Gasteiger partial charge in [-0.05, 0) is 89.2 Å². The molecule has 0 aliphatic carbocycles. The zero-order chi connectivity index (χ0) is 51.1. The number of aliphatic imine (C=N–C) groups is 2. The van der Waals surface area contributed by atoms with E-state index in [4.69, 9.17) is 21.7 Å². The van der Waals surface area contributed by atoms with Gasteiger partial charge in [0.1, 0.15) is 15.9 Å². The summed E-state index contributed by atoms with van der Waals surface area (Å²) in [5, 5.41) is 51.1. The summed E-state index contributed by atoms with van der Waals surface area (Å²) in [6, 6.07) is 42.7. The van der Waals surface area contributed by atoms with Crippen LogP contribution in [0.5, 0.6) is 17.2 Å². The minimum absolute atomic E-state index is 0. The molecule has 0 amide bonds. The molecule has 2 atom stereocenters. The van der Waals surface area contributed by atoms with Crippen LogP contribution >= 0.6 is 0 Å². The van der Waals surface area contributed by atoms with Crippen LogP contribution in [0, 0.1) is 6.92 Å². The Hall–Kier alpha value is -5.68. The summed E-state index contributed by atoms with van der Waals surface area (Å²) in [6.07, 6.45) is 1.63. The van der Waals surface area contributed by atoms with Gasteiger partial charge in [-0.1, -0.05) is 180 Å². The zero-order valence-corrected chi connectivity index (χ0v) is 42.9. The first-order valence-corrected chi connectivity index (χ1v) is 23.7. The fraction of sp³-hybridized carbons (Fsp3) is 0.309. The van der Waals surface area contributed by atoms with E-state index in [-0.39, 0.29) is 75.1 Å². The van der Waals surface area contributed by atoms with Crippen molar-refractivity contribution < 1.29 is 55.3 Å². The Morgan fingerprint density at radius 1 is 0.667 bits per heavy atom. The third-order valence-corrected chi connectivity index (χ3v) is 10.7. The number of aliphatic hydroxyl groups excluding tert-OH is 2. The monoisotopic (exact) mass is 1000 g/mol. The summed E-state index contributed by atoms with van der Waals surface area (Å²) < 4.78 is 31.2. The number of benzene rings is 6. The SMILES string of the molecule is CC(C)(C)c1cc(C=NCCN=C(c2ccccc2[O-])c2ccccc2O)c([O-])c(C(C)(C)C)c1.CCO.CCO.Cc1ccc(S(=O)(=O)[O-])cc1.N[C@@H](c1ccccc1)[C@@H](N)c1ccccc1.[Co+3]. The second-order valence-corrected chi connectivity index (χ2v) is 18.9. The van der Waals surface area contributed by atoms with E-state index in [2.05, 4.69) is 30.8 Å². The van der Waals surface area contributed by atoms with Crippen LogP contribution in [-0.2, 0) is 37.7 Å². The molecular formula is C55H69CoN4O8S. The predicted molar refractivity (Wildman–Crippen MR) is 272 cm³/mol. The third-order valence-electron chi connectivity index (χ3n) is 9.89. The van der Waals surface area contributed by atoms with Gasteiger partial charge in [-0.15, -0.1) is 0 Å². The maximum Gasteiger partial charge on any atom is 3.00 e. The van der Waals surface area contributed by atoms with E-state index in [0.29, 0.717) is 35.5 Å². The Morgan fingerprint density at radius 2 is 1.12 bits per heavy atom. The number of para-hydroxylation sites is 2. The van der Waals surface area contributed by atoms with Crippen molar-refractivity contribution >= 4 is 22.0 Å². The molecule has 69 heavy (non-hydrogen) atoms. The van der Waals surface area contributed by atoms with Gasteiger partial charge >= 0.3 is 16.8 Å². The van der Waals surface area contributed by atoms with E-state index in [1.54, 1.807) is 74.7 Å². The number of aliphatic hydroxyl groups is 2. The Morgan fingerprint density at radius 3 is 1.55 bits per heavy atom. The van der Waals surface area contributed by atoms with E-state index >= 15 is 0 Å². The van der Waals surface area contributed by atoms with Gasteiger partial charge in [0.15, 0.2) is 0 Å². The van der Waals surface area contributed by atoms with Crippen molar-refractivity contribution in [1.82, 2.24) is 0 Å². The first-order valence-electron chi connectivity index (χ1n) is 22.3. The molecule has 0 spiro atoms. The quantitative estimate of drug-likeness (QED) is 0.0499. The van der Waals surface area contributed by atoms with Gasteiger partial charge in [0.2, 0.25) is 0 Å². The van der Waals surface area contributed by atoms with Crippen molar-refractivity contribution in [1.29, 1.82) is 0 Å². The third kappa shape index (κ3) is 20.8. The Balaban J connectivity index is 0.000000572. The molecule has 0 saturated carbocycles. The van der Waals surface area contributed by atoms with E-state index in [0.717, 1.165) is 27.8 Å². The van der Waals surface area contributed by atoms with Gasteiger partial charge in [0.25, 0.3) is 0 Å². The standard InChI is InChI=1S/C30H36N2O3.C14H16N2.C7H8O3S.2C2H6O.Co/c1-29(2,3)21-17-20(28(35)24(18-21)30(4,5)6)19-31-15-16-32-27(22-11-7-9-13-25(22)33)23-12-8-10-14-26(23)34;15-13(11-7-3-1-4-8-11)14(16)12-9-5-2-6-10-12;1-6-2-4-7(5-3-6)11(8,9)10;2*1-2-3;/h7-14,17-19,33-35H,15-16H2,1-6H3;1-10,13-14H,15-16H2;2-5H,1H3,(H,8,9,10);2*3H,2H2,1H3;/q;;;;;+3/p-3/t;13-,14-;;;;/m.0..../s1. The van der Waals surface area contributed by atoms with Crippen LogP contribution in [0.15, 0.2) is 160 Å². The summed E-state index contributed by atoms with van der Waals surface area (Å²) in [4.78, 5) is 8.92. The van der Waals surface area contributed by atoms with E-state index in [1.807, 2.05) is 100 Å². The second kappa shape index (κ2) is 30.0. The molecule has 372 valence electrons. The molecule has 7 N–H and O–H groups in total. The number of phenolic OH excluding ortho intramolecular Hbond substituents is 1. The minimum atomic E-state index is -4.27. The molecule has 6 aromatic rings. The number of hydrogen-bond donors (Lipinski definition) is 5. The van der Waals surface area contributed by atoms with E-state index in [9.17, 15) is 28.3 Å². The average Bonchev–Trinajstić information content (AvgIpc) is 3.29. The van der Waals surface area contributed by atoms with Crippen molar-refractivity contribution in [3.63, 3.8) is 0 Å². The van der Waals surface area contributed by atoms with Crippen molar-refractivity contribution in [2.45, 2.75) is 90.1 Å². The molecule has 0 unspecified atom stereocenters. The number of nitrogens with two attached hydrogens (primary N) is 2. The first-order chi connectivity index (χ1) is 32.0. The number of aryl methyl sites for hydroxylation is 1. The molecule has 0 heterocycles. The topological polar surface area (TPSA) is 241 Å². The molecule has 6 aromatic carbocycles. The largest absolute Gasteiger partial charge is 3.00 e. The Kier molecular flexibility index (Phi) is 26.7. The summed E-state index contributed by atoms with van der Waals surface area (Å²) >= 11 is 0. The molecular weight excluding hydrogens is 936 g/mol. The maximum absolute atomic E-state index is 13.1. The fourth-order valence-electron chi connectivity index (χ4n) is 6.24. The number of rotatable bonds is 10. The fourth-order valence-corrected chi connectivity index (χ4v) is 6.71. The van der Waals surface area contributed by atoms with Crippen molar-refractivity contribution in [3.8, 4) is 17.2 Å². The van der Waals surface area contributed by atoms with Gasteiger partial charge in [0.05, 0.1) is 23.7 Å². The van der Waals surface area contributed by atoms with Crippen molar-refractivity contribution in [3.05, 3.63) is 190 Å². The molecule has 0 aliphatic rings.